The molecule has 2 unspecified atom stereocenters. The van der Waals surface area contributed by atoms with Crippen LogP contribution in [0, 0.1) is 0 Å². The summed E-state index contributed by atoms with van der Waals surface area (Å²) in [7, 11) is 1.79. The van der Waals surface area contributed by atoms with Gasteiger partial charge in [0, 0.05) is 38.8 Å². The lowest BCUT2D eigenvalue weighted by Crippen LogP contribution is -2.52. The number of hydrogen-bond acceptors (Lipinski definition) is 5. The molecule has 2 aliphatic rings. The van der Waals surface area contributed by atoms with Crippen molar-refractivity contribution in [1.29, 1.82) is 0 Å². The molecule has 146 valence electrons. The van der Waals surface area contributed by atoms with Crippen molar-refractivity contribution in [2.24, 2.45) is 4.99 Å². The normalized spacial score (nSPS) is 21.0. The molecule has 26 heavy (non-hydrogen) atoms. The maximum absolute atomic E-state index is 5.51. The number of aliphatic imine (C=N–C) groups is 1. The summed E-state index contributed by atoms with van der Waals surface area (Å²) in [5.41, 5.74) is 1.13. The Kier molecular flexibility index (Phi) is 8.23. The van der Waals surface area contributed by atoms with E-state index < -0.39 is 0 Å². The van der Waals surface area contributed by atoms with Crippen LogP contribution in [0.2, 0.25) is 0 Å². The lowest BCUT2D eigenvalue weighted by molar-refractivity contribution is -0.0174. The zero-order chi connectivity index (χ0) is 17.6. The van der Waals surface area contributed by atoms with Crippen LogP contribution in [0.5, 0.6) is 11.5 Å². The van der Waals surface area contributed by atoms with E-state index in [2.05, 4.69) is 34.4 Å². The van der Waals surface area contributed by atoms with E-state index >= 15 is 0 Å². The molecule has 1 aromatic rings. The third-order valence-electron chi connectivity index (χ3n) is 4.67. The molecule has 8 heteroatoms. The summed E-state index contributed by atoms with van der Waals surface area (Å²) < 4.78 is 16.3. The van der Waals surface area contributed by atoms with Gasteiger partial charge in [-0.3, -0.25) is 9.89 Å². The Morgan fingerprint density at radius 3 is 2.88 bits per heavy atom. The average Bonchev–Trinajstić information content (AvgIpc) is 3.09. The van der Waals surface area contributed by atoms with E-state index in [4.69, 9.17) is 14.2 Å². The topological polar surface area (TPSA) is 67.4 Å². The molecule has 0 radical (unpaired) electrons. The Morgan fingerprint density at radius 1 is 1.31 bits per heavy atom. The first kappa shape index (κ1) is 21.0. The van der Waals surface area contributed by atoms with E-state index in [1.165, 1.54) is 0 Å². The van der Waals surface area contributed by atoms with Crippen LogP contribution in [0.4, 0.5) is 0 Å². The summed E-state index contributed by atoms with van der Waals surface area (Å²) in [6, 6.07) is 6.85. The molecule has 0 aliphatic carbocycles. The predicted octanol–water partition coefficient (Wildman–Crippen LogP) is 1.81. The molecule has 0 spiro atoms. The first-order valence-electron chi connectivity index (χ1n) is 8.84. The minimum Gasteiger partial charge on any atom is -0.454 e. The number of benzene rings is 1. The first-order chi connectivity index (χ1) is 12.2. The molecule has 0 saturated carbocycles. The summed E-state index contributed by atoms with van der Waals surface area (Å²) in [5.74, 6) is 2.40. The summed E-state index contributed by atoms with van der Waals surface area (Å²) in [4.78, 5) is 6.78. The van der Waals surface area contributed by atoms with Crippen LogP contribution < -0.4 is 20.1 Å². The highest BCUT2D eigenvalue weighted by molar-refractivity contribution is 14.0. The van der Waals surface area contributed by atoms with Gasteiger partial charge in [-0.2, -0.15) is 0 Å². The largest absolute Gasteiger partial charge is 0.454 e. The van der Waals surface area contributed by atoms with Crippen LogP contribution >= 0.6 is 24.0 Å². The number of nitrogens with one attached hydrogen (secondary N) is 2. The minimum atomic E-state index is 0. The third kappa shape index (κ3) is 5.37. The molecule has 7 nitrogen and oxygen atoms in total. The molecular weight excluding hydrogens is 447 g/mol. The van der Waals surface area contributed by atoms with Crippen molar-refractivity contribution in [3.63, 3.8) is 0 Å². The minimum absolute atomic E-state index is 0. The smallest absolute Gasteiger partial charge is 0.231 e. The monoisotopic (exact) mass is 476 g/mol. The lowest BCUT2D eigenvalue weighted by atomic mass is 10.2. The molecule has 2 heterocycles. The van der Waals surface area contributed by atoms with E-state index in [0.717, 1.165) is 49.3 Å². The van der Waals surface area contributed by atoms with Crippen LogP contribution in [0.25, 0.3) is 0 Å². The van der Waals surface area contributed by atoms with Crippen LogP contribution in [0.3, 0.4) is 0 Å². The number of morpholine rings is 1. The van der Waals surface area contributed by atoms with E-state index in [1.807, 2.05) is 18.2 Å². The Labute approximate surface area is 172 Å². The predicted molar refractivity (Wildman–Crippen MR) is 113 cm³/mol. The van der Waals surface area contributed by atoms with Crippen LogP contribution in [-0.4, -0.2) is 63.1 Å². The Bertz CT molecular complexity index is 614. The molecule has 3 rings (SSSR count). The number of ether oxygens (including phenoxy) is 3. The van der Waals surface area contributed by atoms with Crippen molar-refractivity contribution in [1.82, 2.24) is 15.5 Å². The Morgan fingerprint density at radius 2 is 2.12 bits per heavy atom. The zero-order valence-electron chi connectivity index (χ0n) is 15.7. The van der Waals surface area contributed by atoms with Gasteiger partial charge in [-0.25, -0.2) is 0 Å². The zero-order valence-corrected chi connectivity index (χ0v) is 18.0. The Balaban J connectivity index is 0.00000243. The lowest BCUT2D eigenvalue weighted by Gasteiger charge is -2.38. The highest BCUT2D eigenvalue weighted by atomic mass is 127. The van der Waals surface area contributed by atoms with Gasteiger partial charge in [-0.1, -0.05) is 6.07 Å². The standard InChI is InChI=1S/C18H28N4O3.HI/c1-13(22-6-7-23-11-14(22)2)9-20-18(19-3)21-10-15-4-5-16-17(8-15)25-12-24-16;/h4-5,8,13-14H,6-7,9-12H2,1-3H3,(H2,19,20,21);1H. The second kappa shape index (κ2) is 10.2. The summed E-state index contributed by atoms with van der Waals surface area (Å²) >= 11 is 0. The van der Waals surface area contributed by atoms with E-state index in [9.17, 15) is 0 Å². The fourth-order valence-corrected chi connectivity index (χ4v) is 3.21. The quantitative estimate of drug-likeness (QED) is 0.384. The maximum Gasteiger partial charge on any atom is 0.231 e. The van der Waals surface area contributed by atoms with Crippen molar-refractivity contribution in [3.05, 3.63) is 23.8 Å². The fraction of sp³-hybridized carbons (Fsp3) is 0.611. The SMILES string of the molecule is CN=C(NCc1ccc2c(c1)OCO2)NCC(C)N1CCOCC1C.I. The van der Waals surface area contributed by atoms with Crippen LogP contribution in [0.15, 0.2) is 23.2 Å². The molecule has 1 aromatic carbocycles. The fourth-order valence-electron chi connectivity index (χ4n) is 3.21. The van der Waals surface area contributed by atoms with Crippen LogP contribution in [-0.2, 0) is 11.3 Å². The van der Waals surface area contributed by atoms with Gasteiger partial charge in [0.15, 0.2) is 17.5 Å². The van der Waals surface area contributed by atoms with Crippen molar-refractivity contribution >= 4 is 29.9 Å². The van der Waals surface area contributed by atoms with E-state index in [0.29, 0.717) is 25.4 Å². The number of guanidine groups is 1. The number of halogens is 1. The number of fused-ring (bicyclic) bond motifs is 1. The van der Waals surface area contributed by atoms with Crippen molar-refractivity contribution < 1.29 is 14.2 Å². The molecule has 0 aromatic heterocycles. The van der Waals surface area contributed by atoms with Gasteiger partial charge >= 0.3 is 0 Å². The third-order valence-corrected chi connectivity index (χ3v) is 4.67. The van der Waals surface area contributed by atoms with E-state index in [-0.39, 0.29) is 24.0 Å². The molecule has 2 N–H and O–H groups in total. The maximum atomic E-state index is 5.51. The van der Waals surface area contributed by atoms with Gasteiger partial charge < -0.3 is 24.8 Å². The molecule has 0 bridgehead atoms. The molecule has 2 atom stereocenters. The molecular formula is C18H29IN4O3. The van der Waals surface area contributed by atoms with Crippen molar-refractivity contribution in [2.75, 3.05) is 40.1 Å². The summed E-state index contributed by atoms with van der Waals surface area (Å²) in [6.45, 7) is 8.86. The van der Waals surface area contributed by atoms with Gasteiger partial charge in [-0.15, -0.1) is 24.0 Å². The number of rotatable bonds is 5. The number of hydrogen-bond donors (Lipinski definition) is 2. The molecule has 1 saturated heterocycles. The average molecular weight is 476 g/mol. The van der Waals surface area contributed by atoms with Crippen molar-refractivity contribution in [3.8, 4) is 11.5 Å². The van der Waals surface area contributed by atoms with Crippen LogP contribution in [0.1, 0.15) is 19.4 Å². The first-order valence-corrected chi connectivity index (χ1v) is 8.84. The van der Waals surface area contributed by atoms with Gasteiger partial charge in [0.1, 0.15) is 0 Å². The Hall–Kier alpha value is -1.26. The van der Waals surface area contributed by atoms with Gasteiger partial charge in [0.25, 0.3) is 0 Å². The highest BCUT2D eigenvalue weighted by Crippen LogP contribution is 2.32. The van der Waals surface area contributed by atoms with Crippen molar-refractivity contribution in [2.45, 2.75) is 32.5 Å². The second-order valence-corrected chi connectivity index (χ2v) is 6.51. The number of nitrogens with zero attached hydrogens (tertiary/aromatic N) is 2. The van der Waals surface area contributed by atoms with Gasteiger partial charge in [-0.05, 0) is 31.5 Å². The van der Waals surface area contributed by atoms with E-state index in [1.54, 1.807) is 7.05 Å². The summed E-state index contributed by atoms with van der Waals surface area (Å²) in [5, 5.41) is 6.76. The molecule has 2 aliphatic heterocycles. The second-order valence-electron chi connectivity index (χ2n) is 6.51. The summed E-state index contributed by atoms with van der Waals surface area (Å²) in [6.07, 6.45) is 0. The van der Waals surface area contributed by atoms with Gasteiger partial charge in [0.05, 0.1) is 13.2 Å². The molecule has 0 amide bonds. The molecule has 1 fully saturated rings. The van der Waals surface area contributed by atoms with Gasteiger partial charge in [0.2, 0.25) is 6.79 Å². The highest BCUT2D eigenvalue weighted by Gasteiger charge is 2.23.